The molecule has 0 spiro atoms. The molecule has 0 aliphatic carbocycles. The van der Waals surface area contributed by atoms with E-state index in [-0.39, 0.29) is 56.4 Å². The van der Waals surface area contributed by atoms with E-state index in [4.69, 9.17) is 5.73 Å². The number of hydrogen-bond donors (Lipinski definition) is 2. The zero-order valence-electron chi connectivity index (χ0n) is 19.6. The van der Waals surface area contributed by atoms with E-state index in [1.807, 2.05) is 20.8 Å². The van der Waals surface area contributed by atoms with Gasteiger partial charge in [-0.3, -0.25) is 19.1 Å². The molecule has 1 aromatic rings. The molecule has 0 atom stereocenters. The van der Waals surface area contributed by atoms with E-state index < -0.39 is 42.0 Å². The molecule has 1 aromatic heterocycles. The number of ether oxygens (including phenoxy) is 1. The molecule has 2 heterocycles. The molecule has 2 amide bonds. The number of anilines is 2. The second-order valence-corrected chi connectivity index (χ2v) is 8.77. The van der Waals surface area contributed by atoms with Crippen molar-refractivity contribution in [1.29, 1.82) is 0 Å². The van der Waals surface area contributed by atoms with E-state index in [1.54, 1.807) is 0 Å². The number of rotatable bonds is 8. The summed E-state index contributed by atoms with van der Waals surface area (Å²) < 4.78 is 42.4. The van der Waals surface area contributed by atoms with Gasteiger partial charge in [0.2, 0.25) is 5.91 Å². The number of carbonyl (C=O) groups excluding carboxylic acids is 2. The molecular formula is C21H32F3N5O5. The second kappa shape index (κ2) is 11.4. The van der Waals surface area contributed by atoms with Gasteiger partial charge in [0.1, 0.15) is 5.82 Å². The van der Waals surface area contributed by atoms with Crippen molar-refractivity contribution in [2.75, 3.05) is 36.9 Å². The van der Waals surface area contributed by atoms with Crippen molar-refractivity contribution in [2.24, 2.45) is 11.8 Å². The molecule has 3 N–H and O–H groups in total. The summed E-state index contributed by atoms with van der Waals surface area (Å²) in [7, 11) is 0. The van der Waals surface area contributed by atoms with Gasteiger partial charge in [0.25, 0.3) is 5.56 Å². The zero-order chi connectivity index (χ0) is 25.6. The Hall–Kier alpha value is -2.99. The first-order valence-electron chi connectivity index (χ1n) is 11.3. The monoisotopic (exact) mass is 491 g/mol. The van der Waals surface area contributed by atoms with Crippen LogP contribution < -0.4 is 21.9 Å². The highest BCUT2D eigenvalue weighted by molar-refractivity contribution is 5.97. The minimum atomic E-state index is -4.62. The maximum absolute atomic E-state index is 13.4. The largest absolute Gasteiger partial charge is 0.440 e. The number of alkyl halides is 3. The minimum absolute atomic E-state index is 0.0313. The van der Waals surface area contributed by atoms with Gasteiger partial charge in [0.15, 0.2) is 12.3 Å². The summed E-state index contributed by atoms with van der Waals surface area (Å²) in [6.45, 7) is 4.50. The summed E-state index contributed by atoms with van der Waals surface area (Å²) in [4.78, 5) is 54.9. The van der Waals surface area contributed by atoms with Gasteiger partial charge in [-0.25, -0.2) is 9.59 Å². The number of hydrogen-bond acceptors (Lipinski definition) is 6. The molecule has 0 aromatic carbocycles. The van der Waals surface area contributed by atoms with Gasteiger partial charge in [0.05, 0.1) is 0 Å². The van der Waals surface area contributed by atoms with Crippen LogP contribution in [0.3, 0.4) is 0 Å². The fourth-order valence-corrected chi connectivity index (χ4v) is 3.80. The van der Waals surface area contributed by atoms with Crippen molar-refractivity contribution in [2.45, 2.75) is 59.2 Å². The smallest absolute Gasteiger partial charge is 0.422 e. The molecule has 0 bridgehead atoms. The molecular weight excluding hydrogens is 459 g/mol. The summed E-state index contributed by atoms with van der Waals surface area (Å²) >= 11 is 0. The van der Waals surface area contributed by atoms with Crippen LogP contribution in [0.4, 0.5) is 29.5 Å². The molecule has 1 saturated heterocycles. The summed E-state index contributed by atoms with van der Waals surface area (Å²) in [5.74, 6) is -1.10. The highest BCUT2D eigenvalue weighted by atomic mass is 19.4. The van der Waals surface area contributed by atoms with Crippen molar-refractivity contribution in [3.8, 4) is 0 Å². The molecule has 1 aliphatic rings. The third kappa shape index (κ3) is 7.00. The van der Waals surface area contributed by atoms with Crippen LogP contribution in [0.5, 0.6) is 0 Å². The zero-order valence-corrected chi connectivity index (χ0v) is 19.6. The number of aromatic nitrogens is 2. The minimum Gasteiger partial charge on any atom is -0.440 e. The number of halogens is 3. The quantitative estimate of drug-likeness (QED) is 0.574. The number of unbranched alkanes of at least 4 members (excludes halogenated alkanes) is 1. The number of nitrogen functional groups attached to an aromatic ring is 1. The van der Waals surface area contributed by atoms with Crippen molar-refractivity contribution >= 4 is 23.5 Å². The number of nitrogens with two attached hydrogens (primary N) is 1. The predicted octanol–water partition coefficient (Wildman–Crippen LogP) is 2.32. The normalized spacial score (nSPS) is 15.0. The summed E-state index contributed by atoms with van der Waals surface area (Å²) in [6.07, 6.45) is -3.91. The van der Waals surface area contributed by atoms with Gasteiger partial charge in [-0.15, -0.1) is 0 Å². The summed E-state index contributed by atoms with van der Waals surface area (Å²) in [5.41, 5.74) is 4.67. The average molecular weight is 492 g/mol. The van der Waals surface area contributed by atoms with Crippen molar-refractivity contribution in [1.82, 2.24) is 14.5 Å². The van der Waals surface area contributed by atoms with Crippen LogP contribution in [0.1, 0.15) is 46.5 Å². The van der Waals surface area contributed by atoms with Gasteiger partial charge >= 0.3 is 18.0 Å². The number of carbonyl (C=O) groups is 2. The Morgan fingerprint density at radius 3 is 2.38 bits per heavy atom. The molecule has 13 heteroatoms. The number of aromatic amines is 1. The average Bonchev–Trinajstić information content (AvgIpc) is 2.75. The number of nitrogens with zero attached hydrogens (tertiary/aromatic N) is 3. The number of nitrogens with one attached hydrogen (secondary N) is 1. The molecule has 2 rings (SSSR count). The lowest BCUT2D eigenvalue weighted by Gasteiger charge is -2.34. The SMILES string of the molecule is CCCCn1c(N)c(N(CC(C)C)C(=O)C2CCN(C(=O)OCC(F)(F)F)CC2)c(=O)[nH]c1=O. The lowest BCUT2D eigenvalue weighted by Crippen LogP contribution is -2.48. The first-order valence-corrected chi connectivity index (χ1v) is 11.3. The second-order valence-electron chi connectivity index (χ2n) is 8.77. The van der Waals surface area contributed by atoms with Crippen molar-refractivity contribution in [3.05, 3.63) is 20.8 Å². The maximum atomic E-state index is 13.4. The van der Waals surface area contributed by atoms with Crippen LogP contribution in [-0.2, 0) is 16.1 Å². The molecule has 34 heavy (non-hydrogen) atoms. The Kier molecular flexibility index (Phi) is 9.16. The Morgan fingerprint density at radius 2 is 1.85 bits per heavy atom. The molecule has 0 radical (unpaired) electrons. The fourth-order valence-electron chi connectivity index (χ4n) is 3.80. The standard InChI is InChI=1S/C21H32F3N5O5/c1-4-5-8-28-16(25)15(17(30)26-19(28)32)29(11-13(2)3)18(31)14-6-9-27(10-7-14)20(33)34-12-21(22,23)24/h13-14H,4-12,25H2,1-3H3,(H,26,30,32). The molecule has 192 valence electrons. The fraction of sp³-hybridized carbons (Fsp3) is 0.714. The van der Waals surface area contributed by atoms with E-state index in [0.717, 1.165) is 11.3 Å². The van der Waals surface area contributed by atoms with Gasteiger partial charge in [-0.2, -0.15) is 13.2 Å². The third-order valence-corrected chi connectivity index (χ3v) is 5.49. The van der Waals surface area contributed by atoms with Crippen LogP contribution in [0, 0.1) is 11.8 Å². The van der Waals surface area contributed by atoms with Gasteiger partial charge in [-0.1, -0.05) is 27.2 Å². The van der Waals surface area contributed by atoms with Crippen LogP contribution >= 0.6 is 0 Å². The Labute approximate surface area is 194 Å². The summed E-state index contributed by atoms with van der Waals surface area (Å²) in [5, 5.41) is 0. The molecule has 0 saturated carbocycles. The number of H-pyrrole nitrogens is 1. The van der Waals surface area contributed by atoms with Crippen LogP contribution in [0.2, 0.25) is 0 Å². The lowest BCUT2D eigenvalue weighted by atomic mass is 9.95. The maximum Gasteiger partial charge on any atom is 0.422 e. The number of likely N-dealkylation sites (tertiary alicyclic amines) is 1. The molecule has 10 nitrogen and oxygen atoms in total. The predicted molar refractivity (Wildman–Crippen MR) is 120 cm³/mol. The highest BCUT2D eigenvalue weighted by Crippen LogP contribution is 2.26. The van der Waals surface area contributed by atoms with Crippen LogP contribution in [0.15, 0.2) is 9.59 Å². The van der Waals surface area contributed by atoms with E-state index >= 15 is 0 Å². The van der Waals surface area contributed by atoms with E-state index in [0.29, 0.717) is 6.42 Å². The lowest BCUT2D eigenvalue weighted by molar-refractivity contribution is -0.162. The topological polar surface area (TPSA) is 131 Å². The van der Waals surface area contributed by atoms with Crippen LogP contribution in [-0.4, -0.2) is 58.9 Å². The number of amides is 2. The third-order valence-electron chi connectivity index (χ3n) is 5.49. The Morgan fingerprint density at radius 1 is 1.24 bits per heavy atom. The van der Waals surface area contributed by atoms with Gasteiger partial charge < -0.3 is 20.3 Å². The van der Waals surface area contributed by atoms with E-state index in [2.05, 4.69) is 9.72 Å². The Bertz CT molecular complexity index is 980. The summed E-state index contributed by atoms with van der Waals surface area (Å²) in [6, 6.07) is 0. The molecule has 1 fully saturated rings. The van der Waals surface area contributed by atoms with Crippen molar-refractivity contribution < 1.29 is 27.5 Å². The first-order chi connectivity index (χ1) is 15.9. The first kappa shape index (κ1) is 27.3. The van der Waals surface area contributed by atoms with Crippen LogP contribution in [0.25, 0.3) is 0 Å². The van der Waals surface area contributed by atoms with E-state index in [1.165, 1.54) is 9.47 Å². The van der Waals surface area contributed by atoms with Gasteiger partial charge in [0, 0.05) is 32.1 Å². The molecule has 1 aliphatic heterocycles. The van der Waals surface area contributed by atoms with Crippen molar-refractivity contribution in [3.63, 3.8) is 0 Å². The molecule has 0 unspecified atom stereocenters. The van der Waals surface area contributed by atoms with Gasteiger partial charge in [-0.05, 0) is 25.2 Å². The van der Waals surface area contributed by atoms with E-state index in [9.17, 15) is 32.3 Å². The number of piperidine rings is 1. The Balaban J connectivity index is 2.23. The highest BCUT2D eigenvalue weighted by Gasteiger charge is 2.35.